The fourth-order valence-corrected chi connectivity index (χ4v) is 3.52. The van der Waals surface area contributed by atoms with Gasteiger partial charge in [-0.15, -0.1) is 0 Å². The zero-order chi connectivity index (χ0) is 14.8. The minimum Gasteiger partial charge on any atom is -0.0835 e. The van der Waals surface area contributed by atoms with Crippen LogP contribution in [-0.4, -0.2) is 0 Å². The van der Waals surface area contributed by atoms with Crippen molar-refractivity contribution in [2.45, 2.75) is 18.2 Å². The highest BCUT2D eigenvalue weighted by atomic mass is 79.9. The third-order valence-electron chi connectivity index (χ3n) is 3.82. The maximum absolute atomic E-state index is 3.85. The summed E-state index contributed by atoms with van der Waals surface area (Å²) in [6, 6.07) is 21.7. The Bertz CT molecular complexity index is 772. The van der Waals surface area contributed by atoms with E-state index in [2.05, 4.69) is 99.4 Å². The maximum Gasteiger partial charge on any atom is 0.0435 e. The molecule has 0 fully saturated rings. The molecule has 0 aliphatic carbocycles. The molecule has 0 aromatic heterocycles. The van der Waals surface area contributed by atoms with E-state index in [1.807, 2.05) is 0 Å². The monoisotopic (exact) mass is 402 g/mol. The normalized spacial score (nSPS) is 12.5. The van der Waals surface area contributed by atoms with Crippen LogP contribution >= 0.6 is 31.9 Å². The molecule has 1 unspecified atom stereocenters. The molecule has 0 saturated heterocycles. The Labute approximate surface area is 142 Å². The van der Waals surface area contributed by atoms with Crippen LogP contribution in [0.4, 0.5) is 0 Å². The first-order valence-corrected chi connectivity index (χ1v) is 8.73. The van der Waals surface area contributed by atoms with Gasteiger partial charge in [-0.1, -0.05) is 86.5 Å². The summed E-state index contributed by atoms with van der Waals surface area (Å²) in [4.78, 5) is 0.329. The minimum absolute atomic E-state index is 0.329. The summed E-state index contributed by atoms with van der Waals surface area (Å²) in [6.07, 6.45) is 0.989. The van der Waals surface area contributed by atoms with Gasteiger partial charge in [0.1, 0.15) is 0 Å². The van der Waals surface area contributed by atoms with Crippen molar-refractivity contribution in [3.63, 3.8) is 0 Å². The number of halogens is 2. The van der Waals surface area contributed by atoms with Gasteiger partial charge in [0.25, 0.3) is 0 Å². The van der Waals surface area contributed by atoms with Gasteiger partial charge in [-0.05, 0) is 46.9 Å². The molecule has 0 aliphatic rings. The van der Waals surface area contributed by atoms with E-state index < -0.39 is 0 Å². The summed E-state index contributed by atoms with van der Waals surface area (Å²) in [5.74, 6) is 0. The molecular formula is C19H16Br2. The van der Waals surface area contributed by atoms with Crippen molar-refractivity contribution < 1.29 is 0 Å². The van der Waals surface area contributed by atoms with Crippen LogP contribution in [0.15, 0.2) is 65.1 Å². The number of hydrogen-bond acceptors (Lipinski definition) is 0. The molecule has 3 aromatic rings. The lowest BCUT2D eigenvalue weighted by atomic mass is 9.98. The van der Waals surface area contributed by atoms with Crippen molar-refractivity contribution in [2.75, 3.05) is 0 Å². The van der Waals surface area contributed by atoms with E-state index in [-0.39, 0.29) is 0 Å². The summed E-state index contributed by atoms with van der Waals surface area (Å²) in [5, 5.41) is 2.65. The van der Waals surface area contributed by atoms with Crippen LogP contribution < -0.4 is 0 Å². The molecule has 0 bridgehead atoms. The van der Waals surface area contributed by atoms with Crippen LogP contribution in [0.5, 0.6) is 0 Å². The van der Waals surface area contributed by atoms with E-state index in [0.717, 1.165) is 10.9 Å². The van der Waals surface area contributed by atoms with Gasteiger partial charge < -0.3 is 0 Å². The number of benzene rings is 3. The zero-order valence-corrected chi connectivity index (χ0v) is 15.0. The molecule has 106 valence electrons. The molecule has 1 atom stereocenters. The number of fused-ring (bicyclic) bond motifs is 1. The average molecular weight is 404 g/mol. The van der Waals surface area contributed by atoms with E-state index >= 15 is 0 Å². The fraction of sp³-hybridized carbons (Fsp3) is 0.158. The maximum atomic E-state index is 3.85. The highest BCUT2D eigenvalue weighted by Gasteiger charge is 2.11. The van der Waals surface area contributed by atoms with Gasteiger partial charge in [0.05, 0.1) is 0 Å². The summed E-state index contributed by atoms with van der Waals surface area (Å²) in [6.45, 7) is 2.13. The van der Waals surface area contributed by atoms with Crippen LogP contribution in [0.3, 0.4) is 0 Å². The lowest BCUT2D eigenvalue weighted by molar-refractivity contribution is 0.954. The molecule has 3 rings (SSSR count). The Morgan fingerprint density at radius 2 is 1.71 bits per heavy atom. The van der Waals surface area contributed by atoms with E-state index in [0.29, 0.717) is 4.83 Å². The van der Waals surface area contributed by atoms with Crippen molar-refractivity contribution in [1.29, 1.82) is 0 Å². The van der Waals surface area contributed by atoms with E-state index in [9.17, 15) is 0 Å². The quantitative estimate of drug-likeness (QED) is 0.432. The number of aryl methyl sites for hydroxylation is 1. The Kier molecular flexibility index (Phi) is 4.46. The molecule has 0 spiro atoms. The van der Waals surface area contributed by atoms with Crippen LogP contribution in [0.1, 0.15) is 21.5 Å². The number of alkyl halides is 1. The predicted molar refractivity (Wildman–Crippen MR) is 98.2 cm³/mol. The van der Waals surface area contributed by atoms with Crippen LogP contribution in [0, 0.1) is 6.92 Å². The van der Waals surface area contributed by atoms with Gasteiger partial charge >= 0.3 is 0 Å². The third-order valence-corrected chi connectivity index (χ3v) is 5.56. The molecule has 21 heavy (non-hydrogen) atoms. The molecule has 0 saturated carbocycles. The Hall–Kier alpha value is -1.12. The predicted octanol–water partition coefficient (Wildman–Crippen LogP) is 6.59. The van der Waals surface area contributed by atoms with Crippen molar-refractivity contribution in [3.05, 3.63) is 81.8 Å². The zero-order valence-electron chi connectivity index (χ0n) is 11.8. The molecule has 2 heteroatoms. The van der Waals surface area contributed by atoms with Crippen molar-refractivity contribution in [2.24, 2.45) is 0 Å². The molecule has 0 heterocycles. The Morgan fingerprint density at radius 3 is 2.52 bits per heavy atom. The molecule has 0 nitrogen and oxygen atoms in total. The van der Waals surface area contributed by atoms with Crippen LogP contribution in [-0.2, 0) is 6.42 Å². The lowest BCUT2D eigenvalue weighted by Crippen LogP contribution is -1.97. The van der Waals surface area contributed by atoms with Gasteiger partial charge in [0.2, 0.25) is 0 Å². The highest BCUT2D eigenvalue weighted by Crippen LogP contribution is 2.32. The van der Waals surface area contributed by atoms with E-state index in [1.54, 1.807) is 0 Å². The van der Waals surface area contributed by atoms with Gasteiger partial charge in [0, 0.05) is 9.30 Å². The summed E-state index contributed by atoms with van der Waals surface area (Å²) in [7, 11) is 0. The van der Waals surface area contributed by atoms with Gasteiger partial charge in [-0.2, -0.15) is 0 Å². The van der Waals surface area contributed by atoms with Crippen LogP contribution in [0.25, 0.3) is 10.8 Å². The first-order valence-electron chi connectivity index (χ1n) is 7.02. The minimum atomic E-state index is 0.329. The van der Waals surface area contributed by atoms with Gasteiger partial charge in [-0.25, -0.2) is 0 Å². The standard InChI is InChI=1S/C19H16Br2/c1-13-11-16(9-10-18(13)20)19(21)12-15-7-4-6-14-5-2-3-8-17(14)15/h2-11,19H,12H2,1H3. The number of hydrogen-bond donors (Lipinski definition) is 0. The first kappa shape index (κ1) is 14.8. The van der Waals surface area contributed by atoms with Gasteiger partial charge in [-0.3, -0.25) is 0 Å². The first-order chi connectivity index (χ1) is 10.1. The molecule has 0 amide bonds. The summed E-state index contributed by atoms with van der Waals surface area (Å²) >= 11 is 7.41. The van der Waals surface area contributed by atoms with Crippen molar-refractivity contribution in [3.8, 4) is 0 Å². The second-order valence-electron chi connectivity index (χ2n) is 5.32. The largest absolute Gasteiger partial charge is 0.0835 e. The van der Waals surface area contributed by atoms with E-state index in [1.165, 1.54) is 27.5 Å². The highest BCUT2D eigenvalue weighted by molar-refractivity contribution is 9.10. The smallest absolute Gasteiger partial charge is 0.0435 e. The molecular weight excluding hydrogens is 388 g/mol. The third kappa shape index (κ3) is 3.22. The summed E-state index contributed by atoms with van der Waals surface area (Å²) in [5.41, 5.74) is 3.98. The van der Waals surface area contributed by atoms with Crippen molar-refractivity contribution in [1.82, 2.24) is 0 Å². The Balaban J connectivity index is 1.92. The Morgan fingerprint density at radius 1 is 0.952 bits per heavy atom. The number of rotatable bonds is 3. The SMILES string of the molecule is Cc1cc(C(Br)Cc2cccc3ccccc23)ccc1Br. The van der Waals surface area contributed by atoms with Gasteiger partial charge in [0.15, 0.2) is 0 Å². The van der Waals surface area contributed by atoms with E-state index in [4.69, 9.17) is 0 Å². The molecule has 0 radical (unpaired) electrons. The average Bonchev–Trinajstić information content (AvgIpc) is 2.50. The lowest BCUT2D eigenvalue weighted by Gasteiger charge is -2.13. The molecule has 0 N–H and O–H groups in total. The second-order valence-corrected chi connectivity index (χ2v) is 7.28. The summed E-state index contributed by atoms with van der Waals surface area (Å²) < 4.78 is 1.16. The van der Waals surface area contributed by atoms with Crippen LogP contribution in [0.2, 0.25) is 0 Å². The van der Waals surface area contributed by atoms with Crippen molar-refractivity contribution >= 4 is 42.6 Å². The second kappa shape index (κ2) is 6.33. The molecule has 0 aliphatic heterocycles. The topological polar surface area (TPSA) is 0 Å². The molecule has 3 aromatic carbocycles. The fourth-order valence-electron chi connectivity index (χ4n) is 2.64.